The standard InChI is InChI=1S/C15H15FN2OS/c1-10-2-5-12(17)8-14(10)18-15(19)9-20-13-6-3-11(16)4-7-13/h2-8H,9,17H2,1H3,(H,18,19). The molecular formula is C15H15FN2OS. The van der Waals surface area contributed by atoms with E-state index in [1.54, 1.807) is 24.3 Å². The SMILES string of the molecule is Cc1ccc(N)cc1NC(=O)CSc1ccc(F)cc1. The van der Waals surface area contributed by atoms with E-state index in [2.05, 4.69) is 5.32 Å². The van der Waals surface area contributed by atoms with Gasteiger partial charge in [0.05, 0.1) is 5.75 Å². The van der Waals surface area contributed by atoms with Crippen molar-refractivity contribution in [3.63, 3.8) is 0 Å². The lowest BCUT2D eigenvalue weighted by molar-refractivity contribution is -0.113. The summed E-state index contributed by atoms with van der Waals surface area (Å²) >= 11 is 1.36. The summed E-state index contributed by atoms with van der Waals surface area (Å²) in [7, 11) is 0. The first-order valence-corrected chi connectivity index (χ1v) is 7.07. The van der Waals surface area contributed by atoms with Crippen LogP contribution in [0.2, 0.25) is 0 Å². The lowest BCUT2D eigenvalue weighted by Crippen LogP contribution is -2.15. The fourth-order valence-corrected chi connectivity index (χ4v) is 2.34. The Labute approximate surface area is 121 Å². The van der Waals surface area contributed by atoms with Crippen LogP contribution in [0, 0.1) is 12.7 Å². The smallest absolute Gasteiger partial charge is 0.234 e. The molecule has 0 aliphatic rings. The summed E-state index contributed by atoms with van der Waals surface area (Å²) in [5.41, 5.74) is 7.97. The maximum atomic E-state index is 12.8. The number of nitrogens with two attached hydrogens (primary N) is 1. The highest BCUT2D eigenvalue weighted by atomic mass is 32.2. The lowest BCUT2D eigenvalue weighted by Gasteiger charge is -2.09. The molecule has 3 N–H and O–H groups in total. The molecule has 0 bridgehead atoms. The minimum absolute atomic E-state index is 0.118. The first kappa shape index (κ1) is 14.4. The molecule has 0 saturated carbocycles. The highest BCUT2D eigenvalue weighted by molar-refractivity contribution is 8.00. The summed E-state index contributed by atoms with van der Waals surface area (Å²) in [6, 6.07) is 11.4. The Kier molecular flexibility index (Phi) is 4.63. The second-order valence-corrected chi connectivity index (χ2v) is 5.41. The number of hydrogen-bond donors (Lipinski definition) is 2. The molecule has 0 fully saturated rings. The molecule has 0 aliphatic carbocycles. The van der Waals surface area contributed by atoms with Gasteiger partial charge in [0.2, 0.25) is 5.91 Å². The number of nitrogens with one attached hydrogen (secondary N) is 1. The maximum absolute atomic E-state index is 12.8. The van der Waals surface area contributed by atoms with E-state index in [0.29, 0.717) is 5.69 Å². The monoisotopic (exact) mass is 290 g/mol. The van der Waals surface area contributed by atoms with Crippen molar-refractivity contribution in [2.24, 2.45) is 0 Å². The predicted molar refractivity (Wildman–Crippen MR) is 81.3 cm³/mol. The fraction of sp³-hybridized carbons (Fsp3) is 0.133. The zero-order chi connectivity index (χ0) is 14.5. The Balaban J connectivity index is 1.92. The van der Waals surface area contributed by atoms with Gasteiger partial charge < -0.3 is 11.1 Å². The van der Waals surface area contributed by atoms with Gasteiger partial charge in [-0.3, -0.25) is 4.79 Å². The number of aryl methyl sites for hydroxylation is 1. The van der Waals surface area contributed by atoms with Crippen LogP contribution < -0.4 is 11.1 Å². The third kappa shape index (κ3) is 3.99. The van der Waals surface area contributed by atoms with E-state index in [4.69, 9.17) is 5.73 Å². The third-order valence-electron chi connectivity index (χ3n) is 2.72. The molecule has 5 heteroatoms. The van der Waals surface area contributed by atoms with Gasteiger partial charge in [0.15, 0.2) is 0 Å². The highest BCUT2D eigenvalue weighted by Gasteiger charge is 2.06. The van der Waals surface area contributed by atoms with Crippen LogP contribution in [0.4, 0.5) is 15.8 Å². The molecule has 0 heterocycles. The molecule has 3 nitrogen and oxygen atoms in total. The number of hydrogen-bond acceptors (Lipinski definition) is 3. The molecule has 2 aromatic rings. The molecule has 2 aromatic carbocycles. The summed E-state index contributed by atoms with van der Waals surface area (Å²) < 4.78 is 12.8. The predicted octanol–water partition coefficient (Wildman–Crippen LogP) is 3.45. The summed E-state index contributed by atoms with van der Waals surface area (Å²) in [6.07, 6.45) is 0. The Morgan fingerprint density at radius 1 is 1.25 bits per heavy atom. The van der Waals surface area contributed by atoms with Crippen molar-refractivity contribution in [3.05, 3.63) is 53.8 Å². The molecule has 0 radical (unpaired) electrons. The minimum atomic E-state index is -0.283. The molecule has 0 spiro atoms. The molecule has 104 valence electrons. The molecular weight excluding hydrogens is 275 g/mol. The number of carbonyl (C=O) groups is 1. The van der Waals surface area contributed by atoms with Crippen molar-refractivity contribution in [2.45, 2.75) is 11.8 Å². The second kappa shape index (κ2) is 6.43. The first-order chi connectivity index (χ1) is 9.54. The summed E-state index contributed by atoms with van der Waals surface area (Å²) in [5, 5.41) is 2.82. The molecule has 20 heavy (non-hydrogen) atoms. The Morgan fingerprint density at radius 3 is 2.65 bits per heavy atom. The van der Waals surface area contributed by atoms with Crippen molar-refractivity contribution in [1.82, 2.24) is 0 Å². The van der Waals surface area contributed by atoms with E-state index >= 15 is 0 Å². The summed E-state index contributed by atoms with van der Waals surface area (Å²) in [6.45, 7) is 1.90. The number of nitrogen functional groups attached to an aromatic ring is 1. The maximum Gasteiger partial charge on any atom is 0.234 e. The van der Waals surface area contributed by atoms with E-state index in [-0.39, 0.29) is 17.5 Å². The van der Waals surface area contributed by atoms with E-state index < -0.39 is 0 Å². The van der Waals surface area contributed by atoms with Gasteiger partial charge in [-0.1, -0.05) is 6.07 Å². The van der Waals surface area contributed by atoms with Crippen LogP contribution in [0.25, 0.3) is 0 Å². The van der Waals surface area contributed by atoms with Gasteiger partial charge >= 0.3 is 0 Å². The normalized spacial score (nSPS) is 10.3. The van der Waals surface area contributed by atoms with Crippen LogP contribution in [-0.4, -0.2) is 11.7 Å². The topological polar surface area (TPSA) is 55.1 Å². The van der Waals surface area contributed by atoms with E-state index in [1.165, 1.54) is 23.9 Å². The number of carbonyl (C=O) groups excluding carboxylic acids is 1. The van der Waals surface area contributed by atoms with Crippen LogP contribution in [0.3, 0.4) is 0 Å². The molecule has 2 rings (SSSR count). The van der Waals surface area contributed by atoms with Crippen LogP contribution in [0.15, 0.2) is 47.4 Å². The molecule has 0 aromatic heterocycles. The fourth-order valence-electron chi connectivity index (χ4n) is 1.64. The van der Waals surface area contributed by atoms with Crippen LogP contribution >= 0.6 is 11.8 Å². The van der Waals surface area contributed by atoms with Gasteiger partial charge in [-0.25, -0.2) is 4.39 Å². The average molecular weight is 290 g/mol. The van der Waals surface area contributed by atoms with Crippen molar-refractivity contribution in [3.8, 4) is 0 Å². The van der Waals surface area contributed by atoms with Gasteiger partial charge in [-0.2, -0.15) is 0 Å². The molecule has 0 aliphatic heterocycles. The third-order valence-corrected chi connectivity index (χ3v) is 3.73. The summed E-state index contributed by atoms with van der Waals surface area (Å²) in [5.74, 6) is -0.137. The lowest BCUT2D eigenvalue weighted by atomic mass is 10.2. The van der Waals surface area contributed by atoms with Crippen molar-refractivity contribution in [1.29, 1.82) is 0 Å². The van der Waals surface area contributed by atoms with E-state index in [0.717, 1.165) is 16.1 Å². The Morgan fingerprint density at radius 2 is 1.95 bits per heavy atom. The number of benzene rings is 2. The number of halogens is 1. The number of amides is 1. The highest BCUT2D eigenvalue weighted by Crippen LogP contribution is 2.21. The van der Waals surface area contributed by atoms with Gasteiger partial charge in [0.25, 0.3) is 0 Å². The van der Waals surface area contributed by atoms with Crippen molar-refractivity contribution < 1.29 is 9.18 Å². The molecule has 0 unspecified atom stereocenters. The van der Waals surface area contributed by atoms with Gasteiger partial charge in [-0.15, -0.1) is 11.8 Å². The largest absolute Gasteiger partial charge is 0.399 e. The minimum Gasteiger partial charge on any atom is -0.399 e. The zero-order valence-electron chi connectivity index (χ0n) is 11.0. The van der Waals surface area contributed by atoms with E-state index in [9.17, 15) is 9.18 Å². The van der Waals surface area contributed by atoms with Gasteiger partial charge in [0, 0.05) is 16.3 Å². The second-order valence-electron chi connectivity index (χ2n) is 4.37. The van der Waals surface area contributed by atoms with Crippen molar-refractivity contribution >= 4 is 29.0 Å². The Hall–Kier alpha value is -2.01. The van der Waals surface area contributed by atoms with E-state index in [1.807, 2.05) is 13.0 Å². The Bertz CT molecular complexity index is 614. The quantitative estimate of drug-likeness (QED) is 0.670. The van der Waals surface area contributed by atoms with Crippen LogP contribution in [0.1, 0.15) is 5.56 Å². The number of rotatable bonds is 4. The molecule has 0 atom stereocenters. The van der Waals surface area contributed by atoms with Gasteiger partial charge in [0.1, 0.15) is 5.82 Å². The number of anilines is 2. The first-order valence-electron chi connectivity index (χ1n) is 6.09. The van der Waals surface area contributed by atoms with Gasteiger partial charge in [-0.05, 0) is 48.9 Å². The molecule has 1 amide bonds. The van der Waals surface area contributed by atoms with Crippen molar-refractivity contribution in [2.75, 3.05) is 16.8 Å². The van der Waals surface area contributed by atoms with Crippen LogP contribution in [0.5, 0.6) is 0 Å². The zero-order valence-corrected chi connectivity index (χ0v) is 11.8. The van der Waals surface area contributed by atoms with Crippen LogP contribution in [-0.2, 0) is 4.79 Å². The molecule has 0 saturated heterocycles. The number of thioether (sulfide) groups is 1. The average Bonchev–Trinajstić information content (AvgIpc) is 2.42. The summed E-state index contributed by atoms with van der Waals surface area (Å²) in [4.78, 5) is 12.7.